The molecule has 0 aliphatic heterocycles. The van der Waals surface area contributed by atoms with Gasteiger partial charge in [0.15, 0.2) is 0 Å². The first kappa shape index (κ1) is 10.2. The van der Waals surface area contributed by atoms with Crippen molar-refractivity contribution < 1.29 is 4.79 Å². The molecule has 1 amide bonds. The van der Waals surface area contributed by atoms with Crippen LogP contribution in [0.1, 0.15) is 6.92 Å². The molecule has 1 heterocycles. The number of nitrogens with two attached hydrogens (primary N) is 1. The van der Waals surface area contributed by atoms with Crippen molar-refractivity contribution in [2.75, 3.05) is 12.3 Å². The van der Waals surface area contributed by atoms with E-state index in [1.165, 1.54) is 12.3 Å². The molecule has 1 rings (SSSR count). The van der Waals surface area contributed by atoms with Gasteiger partial charge >= 0.3 is 0 Å². The first-order valence-electron chi connectivity index (χ1n) is 4.23. The molecule has 0 fully saturated rings. The van der Waals surface area contributed by atoms with Crippen molar-refractivity contribution in [3.8, 4) is 0 Å². The highest BCUT2D eigenvalue weighted by Crippen LogP contribution is 1.89. The Kier molecular flexibility index (Phi) is 3.22. The van der Waals surface area contributed by atoms with Crippen molar-refractivity contribution in [1.29, 1.82) is 0 Å². The minimum atomic E-state index is -0.378. The number of rotatable bonds is 3. The van der Waals surface area contributed by atoms with Gasteiger partial charge in [-0.15, -0.1) is 0 Å². The predicted octanol–water partition coefficient (Wildman–Crippen LogP) is -1.04. The van der Waals surface area contributed by atoms with Crippen LogP contribution in [0, 0.1) is 0 Å². The van der Waals surface area contributed by atoms with E-state index < -0.39 is 0 Å². The molecule has 14 heavy (non-hydrogen) atoms. The summed E-state index contributed by atoms with van der Waals surface area (Å²) in [6.45, 7) is 2.26. The summed E-state index contributed by atoms with van der Waals surface area (Å²) in [5.41, 5.74) is 5.26. The average molecular weight is 196 g/mol. The molecule has 76 valence electrons. The summed E-state index contributed by atoms with van der Waals surface area (Å²) in [5, 5.41) is 6.28. The Labute approximate surface area is 80.7 Å². The van der Waals surface area contributed by atoms with Crippen LogP contribution < -0.4 is 16.6 Å². The largest absolute Gasteiger partial charge is 0.397 e. The van der Waals surface area contributed by atoms with Crippen LogP contribution in [-0.4, -0.2) is 22.2 Å². The van der Waals surface area contributed by atoms with Crippen molar-refractivity contribution >= 4 is 11.6 Å². The van der Waals surface area contributed by atoms with Gasteiger partial charge in [-0.3, -0.25) is 9.59 Å². The molecule has 0 bridgehead atoms. The summed E-state index contributed by atoms with van der Waals surface area (Å²) in [5.74, 6) is -0.244. The zero-order chi connectivity index (χ0) is 10.6. The van der Waals surface area contributed by atoms with Crippen LogP contribution in [0.15, 0.2) is 17.1 Å². The summed E-state index contributed by atoms with van der Waals surface area (Å²) in [6.07, 6.45) is 1.33. The van der Waals surface area contributed by atoms with Crippen LogP contribution in [0.2, 0.25) is 0 Å². The van der Waals surface area contributed by atoms with E-state index >= 15 is 0 Å². The molecule has 0 aliphatic rings. The van der Waals surface area contributed by atoms with E-state index in [-0.39, 0.29) is 18.0 Å². The maximum Gasteiger partial charge on any atom is 0.269 e. The molecule has 0 radical (unpaired) electrons. The smallest absolute Gasteiger partial charge is 0.269 e. The molecule has 0 atom stereocenters. The van der Waals surface area contributed by atoms with Gasteiger partial charge in [-0.05, 0) is 6.92 Å². The van der Waals surface area contributed by atoms with Crippen molar-refractivity contribution in [3.05, 3.63) is 22.6 Å². The van der Waals surface area contributed by atoms with Crippen molar-refractivity contribution in [2.24, 2.45) is 0 Å². The number of hydrogen-bond acceptors (Lipinski definition) is 4. The van der Waals surface area contributed by atoms with Crippen LogP contribution in [-0.2, 0) is 11.3 Å². The molecular weight excluding hydrogens is 184 g/mol. The lowest BCUT2D eigenvalue weighted by atomic mass is 10.5. The third-order valence-corrected chi connectivity index (χ3v) is 1.56. The molecule has 0 saturated carbocycles. The van der Waals surface area contributed by atoms with Crippen LogP contribution in [0.3, 0.4) is 0 Å². The third-order valence-electron chi connectivity index (χ3n) is 1.56. The van der Waals surface area contributed by atoms with Gasteiger partial charge in [0.05, 0.1) is 11.9 Å². The maximum absolute atomic E-state index is 11.2. The number of anilines is 1. The molecule has 1 aromatic rings. The van der Waals surface area contributed by atoms with E-state index in [0.29, 0.717) is 12.2 Å². The van der Waals surface area contributed by atoms with E-state index in [2.05, 4.69) is 10.4 Å². The Balaban J connectivity index is 2.77. The van der Waals surface area contributed by atoms with Gasteiger partial charge in [0.1, 0.15) is 6.54 Å². The number of amides is 1. The monoisotopic (exact) mass is 196 g/mol. The molecule has 6 heteroatoms. The van der Waals surface area contributed by atoms with E-state index in [4.69, 9.17) is 5.73 Å². The highest BCUT2D eigenvalue weighted by molar-refractivity contribution is 5.75. The summed E-state index contributed by atoms with van der Waals surface area (Å²) in [4.78, 5) is 22.3. The second kappa shape index (κ2) is 4.40. The van der Waals surface area contributed by atoms with Crippen molar-refractivity contribution in [1.82, 2.24) is 15.1 Å². The number of nitrogens with zero attached hydrogens (tertiary/aromatic N) is 2. The zero-order valence-electron chi connectivity index (χ0n) is 7.86. The van der Waals surface area contributed by atoms with Gasteiger partial charge in [0.25, 0.3) is 5.56 Å². The van der Waals surface area contributed by atoms with Crippen LogP contribution in [0.5, 0.6) is 0 Å². The van der Waals surface area contributed by atoms with E-state index in [0.717, 1.165) is 4.68 Å². The second-order valence-corrected chi connectivity index (χ2v) is 2.74. The molecule has 0 spiro atoms. The molecule has 0 saturated heterocycles. The number of carbonyl (C=O) groups excluding carboxylic acids is 1. The Morgan fingerprint density at radius 2 is 2.43 bits per heavy atom. The fourth-order valence-corrected chi connectivity index (χ4v) is 0.955. The number of carbonyl (C=O) groups is 1. The number of aromatic nitrogens is 2. The Morgan fingerprint density at radius 3 is 3.00 bits per heavy atom. The lowest BCUT2D eigenvalue weighted by molar-refractivity contribution is -0.121. The first-order valence-corrected chi connectivity index (χ1v) is 4.23. The van der Waals surface area contributed by atoms with Crippen LogP contribution >= 0.6 is 0 Å². The van der Waals surface area contributed by atoms with Crippen molar-refractivity contribution in [3.63, 3.8) is 0 Å². The molecular formula is C8H12N4O2. The summed E-state index contributed by atoms with van der Waals surface area (Å²) in [7, 11) is 0. The van der Waals surface area contributed by atoms with Gasteiger partial charge in [0.2, 0.25) is 5.91 Å². The number of nitrogens with one attached hydrogen (secondary N) is 1. The van der Waals surface area contributed by atoms with Crippen molar-refractivity contribution in [2.45, 2.75) is 13.5 Å². The normalized spacial score (nSPS) is 9.79. The molecule has 0 unspecified atom stereocenters. The van der Waals surface area contributed by atoms with Gasteiger partial charge in [-0.25, -0.2) is 4.68 Å². The van der Waals surface area contributed by atoms with Gasteiger partial charge < -0.3 is 11.1 Å². The third kappa shape index (κ3) is 2.58. The fraction of sp³-hybridized carbons (Fsp3) is 0.375. The van der Waals surface area contributed by atoms with Crippen LogP contribution in [0.25, 0.3) is 0 Å². The predicted molar refractivity (Wildman–Crippen MR) is 51.6 cm³/mol. The SMILES string of the molecule is CCNC(=O)Cn1ncc(N)cc1=O. The average Bonchev–Trinajstić information content (AvgIpc) is 2.10. The number of likely N-dealkylation sites (N-methyl/N-ethyl adjacent to an activating group) is 1. The highest BCUT2D eigenvalue weighted by Gasteiger charge is 2.03. The first-order chi connectivity index (χ1) is 6.63. The quantitative estimate of drug-likeness (QED) is 0.646. The fourth-order valence-electron chi connectivity index (χ4n) is 0.955. The van der Waals surface area contributed by atoms with E-state index in [9.17, 15) is 9.59 Å². The minimum absolute atomic E-state index is 0.0764. The molecule has 0 aromatic carbocycles. The summed E-state index contributed by atoms with van der Waals surface area (Å²) >= 11 is 0. The lowest BCUT2D eigenvalue weighted by Crippen LogP contribution is -2.33. The Hall–Kier alpha value is -1.85. The van der Waals surface area contributed by atoms with Crippen LogP contribution in [0.4, 0.5) is 5.69 Å². The Morgan fingerprint density at radius 1 is 1.71 bits per heavy atom. The molecule has 1 aromatic heterocycles. The highest BCUT2D eigenvalue weighted by atomic mass is 16.2. The Bertz CT molecular complexity index is 385. The van der Waals surface area contributed by atoms with Gasteiger partial charge in [0, 0.05) is 12.6 Å². The summed E-state index contributed by atoms with van der Waals surface area (Å²) < 4.78 is 1.06. The lowest BCUT2D eigenvalue weighted by Gasteiger charge is -2.03. The topological polar surface area (TPSA) is 90.0 Å². The van der Waals surface area contributed by atoms with E-state index in [1.54, 1.807) is 6.92 Å². The molecule has 3 N–H and O–H groups in total. The van der Waals surface area contributed by atoms with E-state index in [1.807, 2.05) is 0 Å². The standard InChI is InChI=1S/C8H12N4O2/c1-2-10-7(13)5-12-8(14)3-6(9)4-11-12/h3-4H,2,5,9H2,1H3,(H,10,13). The second-order valence-electron chi connectivity index (χ2n) is 2.74. The zero-order valence-corrected chi connectivity index (χ0v) is 7.86. The number of hydrogen-bond donors (Lipinski definition) is 2. The molecule has 0 aliphatic carbocycles. The number of nitrogen functional groups attached to an aromatic ring is 1. The maximum atomic E-state index is 11.2. The molecule has 6 nitrogen and oxygen atoms in total. The summed E-state index contributed by atoms with van der Waals surface area (Å²) in [6, 6.07) is 1.23. The minimum Gasteiger partial charge on any atom is -0.397 e. The van der Waals surface area contributed by atoms with Gasteiger partial charge in [-0.1, -0.05) is 0 Å². The van der Waals surface area contributed by atoms with Gasteiger partial charge in [-0.2, -0.15) is 5.10 Å².